The summed E-state index contributed by atoms with van der Waals surface area (Å²) in [6, 6.07) is 12.2. The summed E-state index contributed by atoms with van der Waals surface area (Å²) >= 11 is 0. The average molecular weight is 558 g/mol. The van der Waals surface area contributed by atoms with Crippen LogP contribution in [0.5, 0.6) is 0 Å². The Morgan fingerprint density at radius 2 is 1.92 bits per heavy atom. The van der Waals surface area contributed by atoms with E-state index in [4.69, 9.17) is 9.51 Å². The summed E-state index contributed by atoms with van der Waals surface area (Å²) in [7, 11) is -1.96. The van der Waals surface area contributed by atoms with E-state index >= 15 is 0 Å². The van der Waals surface area contributed by atoms with E-state index in [2.05, 4.69) is 11.2 Å². The first kappa shape index (κ1) is 25.4. The molecule has 4 heterocycles. The van der Waals surface area contributed by atoms with Gasteiger partial charge in [-0.1, -0.05) is 11.2 Å². The largest absolute Gasteiger partial charge is 0.364 e. The second kappa shape index (κ2) is 9.08. The summed E-state index contributed by atoms with van der Waals surface area (Å²) in [6.45, 7) is 1.60. The van der Waals surface area contributed by atoms with Gasteiger partial charge in [-0.15, -0.1) is 0 Å². The smallest absolute Gasteiger partial charge is 0.276 e. The van der Waals surface area contributed by atoms with Crippen molar-refractivity contribution < 1.29 is 27.2 Å². The van der Waals surface area contributed by atoms with E-state index in [0.717, 1.165) is 0 Å². The Kier molecular flexibility index (Phi) is 5.90. The van der Waals surface area contributed by atoms with Crippen LogP contribution in [-0.2, 0) is 0 Å². The van der Waals surface area contributed by atoms with Crippen molar-refractivity contribution >= 4 is 34.1 Å². The van der Waals surface area contributed by atoms with Crippen LogP contribution in [0.15, 0.2) is 47.2 Å². The minimum Gasteiger partial charge on any atom is -0.364 e. The number of pyridine rings is 1. The third-order valence-electron chi connectivity index (χ3n) is 7.40. The molecule has 1 saturated carbocycles. The molecule has 2 N–H and O–H groups in total. The maximum Gasteiger partial charge on any atom is 0.276 e. The maximum atomic E-state index is 13.6. The highest BCUT2D eigenvalue weighted by Gasteiger charge is 2.59. The molecule has 14 heteroatoms. The fourth-order valence-corrected chi connectivity index (χ4v) is 6.47. The van der Waals surface area contributed by atoms with E-state index in [9.17, 15) is 27.9 Å². The Hall–Kier alpha value is -3.93. The summed E-state index contributed by atoms with van der Waals surface area (Å²) in [5.41, 5.74) is 2.81. The highest BCUT2D eigenvalue weighted by atomic mass is 32.3. The molecule has 39 heavy (non-hydrogen) atoms. The molecule has 2 fully saturated rings. The molecule has 6 rings (SSSR count). The minimum absolute atomic E-state index is 0.156. The Morgan fingerprint density at radius 1 is 1.18 bits per heavy atom. The number of hydrogen-bond donors (Lipinski definition) is 2. The first-order chi connectivity index (χ1) is 18.6. The van der Waals surface area contributed by atoms with Crippen LogP contribution in [0.1, 0.15) is 22.5 Å². The normalized spacial score (nSPS) is 21.9. The molecule has 1 saturated heterocycles. The first-order valence-corrected chi connectivity index (χ1v) is 13.7. The van der Waals surface area contributed by atoms with Gasteiger partial charge < -0.3 is 14.3 Å². The number of hydrogen-bond acceptors (Lipinski definition) is 10. The summed E-state index contributed by atoms with van der Waals surface area (Å²) in [4.78, 5) is 21.0. The Morgan fingerprint density at radius 3 is 2.56 bits per heavy atom. The number of aromatic nitrogens is 2. The van der Waals surface area contributed by atoms with E-state index in [-0.39, 0.29) is 24.6 Å². The quantitative estimate of drug-likeness (QED) is 0.473. The molecule has 3 aliphatic rings. The standard InChI is InChI=1S/C25H25F2N7O4S/c1-31-22-12-16(3-5-21(22)34(39(31,36)37)15-18-13-25(18,26)27)19-4-2-17(14-28)23(29-19)32-7-9-33(10-8-32)24(35)20-6-11-38-30-20/h2-6,11-12,18,36-37H,7-10,13,15H2,1H3. The summed E-state index contributed by atoms with van der Waals surface area (Å²) in [6.07, 6.45) is 1.08. The summed E-state index contributed by atoms with van der Waals surface area (Å²) in [5, 5.41) is 13.4. The number of piperazine rings is 1. The molecule has 1 atom stereocenters. The van der Waals surface area contributed by atoms with Crippen LogP contribution in [0.2, 0.25) is 0 Å². The number of nitriles is 1. The second-order valence-corrected chi connectivity index (χ2v) is 11.7. The molecule has 3 aromatic rings. The SMILES string of the molecule is CN1c2cc(-c3ccc(C#N)c(N4CCN(C(=O)c5ccon5)CC4)n3)ccc2N(CC2CC2(F)F)S1(O)O. The molecule has 1 aromatic carbocycles. The molecule has 1 amide bonds. The fraction of sp³-hybridized carbons (Fsp3) is 0.360. The van der Waals surface area contributed by atoms with Gasteiger partial charge >= 0.3 is 0 Å². The second-order valence-electron chi connectivity index (χ2n) is 9.76. The number of anilines is 3. The van der Waals surface area contributed by atoms with E-state index < -0.39 is 22.8 Å². The Labute approximate surface area is 224 Å². The van der Waals surface area contributed by atoms with Gasteiger partial charge in [-0.05, 0) is 35.2 Å². The van der Waals surface area contributed by atoms with Crippen molar-refractivity contribution in [3.05, 3.63) is 53.9 Å². The third-order valence-corrected chi connectivity index (χ3v) is 9.27. The highest BCUT2D eigenvalue weighted by Crippen LogP contribution is 2.63. The van der Waals surface area contributed by atoms with Crippen molar-refractivity contribution in [2.45, 2.75) is 12.3 Å². The predicted octanol–water partition coefficient (Wildman–Crippen LogP) is 4.06. The van der Waals surface area contributed by atoms with Gasteiger partial charge in [-0.2, -0.15) is 5.26 Å². The number of benzene rings is 1. The highest BCUT2D eigenvalue weighted by molar-refractivity contribution is 8.26. The van der Waals surface area contributed by atoms with Crippen LogP contribution in [0.4, 0.5) is 26.0 Å². The van der Waals surface area contributed by atoms with Crippen molar-refractivity contribution in [1.82, 2.24) is 15.0 Å². The number of carbonyl (C=O) groups is 1. The molecular weight excluding hydrogens is 532 g/mol. The van der Waals surface area contributed by atoms with Crippen molar-refractivity contribution in [1.29, 1.82) is 5.26 Å². The zero-order valence-electron chi connectivity index (χ0n) is 20.9. The number of rotatable bonds is 5. The van der Waals surface area contributed by atoms with Crippen molar-refractivity contribution in [3.63, 3.8) is 0 Å². The lowest BCUT2D eigenvalue weighted by Crippen LogP contribution is -2.49. The van der Waals surface area contributed by atoms with E-state index in [1.807, 2.05) is 4.90 Å². The third kappa shape index (κ3) is 4.32. The van der Waals surface area contributed by atoms with E-state index in [0.29, 0.717) is 60.2 Å². The number of halogens is 2. The fourth-order valence-electron chi connectivity index (χ4n) is 4.97. The molecule has 204 valence electrons. The molecule has 11 nitrogen and oxygen atoms in total. The van der Waals surface area contributed by atoms with Gasteiger partial charge in [0, 0.05) is 63.7 Å². The first-order valence-electron chi connectivity index (χ1n) is 12.3. The minimum atomic E-state index is -3.47. The van der Waals surface area contributed by atoms with Crippen LogP contribution in [0.3, 0.4) is 0 Å². The summed E-state index contributed by atoms with van der Waals surface area (Å²) < 4.78 is 56.1. The maximum absolute atomic E-state index is 13.6. The Bertz CT molecular complexity index is 1470. The zero-order chi connectivity index (χ0) is 27.5. The number of carbonyl (C=O) groups excluding carboxylic acids is 1. The van der Waals surface area contributed by atoms with E-state index in [1.54, 1.807) is 35.2 Å². The van der Waals surface area contributed by atoms with Gasteiger partial charge in [-0.3, -0.25) is 22.5 Å². The molecule has 0 radical (unpaired) electrons. The zero-order valence-corrected chi connectivity index (χ0v) is 21.7. The van der Waals surface area contributed by atoms with Crippen molar-refractivity contribution in [2.24, 2.45) is 5.92 Å². The van der Waals surface area contributed by atoms with E-state index in [1.165, 1.54) is 28.0 Å². The number of fused-ring (bicyclic) bond motifs is 1. The Balaban J connectivity index is 1.25. The predicted molar refractivity (Wildman–Crippen MR) is 141 cm³/mol. The number of alkyl halides is 2. The summed E-state index contributed by atoms with van der Waals surface area (Å²) in [5.74, 6) is -3.44. The molecule has 0 bridgehead atoms. The van der Waals surface area contributed by atoms with Gasteiger partial charge in [0.2, 0.25) is 0 Å². The van der Waals surface area contributed by atoms with Gasteiger partial charge in [0.1, 0.15) is 18.2 Å². The van der Waals surface area contributed by atoms with Crippen LogP contribution in [0, 0.1) is 17.2 Å². The molecular formula is C25H25F2N7O4S. The topological polar surface area (TPSA) is 133 Å². The van der Waals surface area contributed by atoms with Gasteiger partial charge in [0.05, 0.1) is 22.6 Å². The van der Waals surface area contributed by atoms with Crippen LogP contribution in [-0.4, -0.2) is 75.7 Å². The lowest BCUT2D eigenvalue weighted by atomic mass is 10.1. The molecule has 2 aromatic heterocycles. The van der Waals surface area contributed by atoms with Crippen LogP contribution in [0.25, 0.3) is 11.3 Å². The van der Waals surface area contributed by atoms with Crippen molar-refractivity contribution in [2.75, 3.05) is 53.3 Å². The molecule has 2 aliphatic heterocycles. The lowest BCUT2D eigenvalue weighted by molar-refractivity contribution is 0.0736. The van der Waals surface area contributed by atoms with Gasteiger partial charge in [0.25, 0.3) is 11.8 Å². The van der Waals surface area contributed by atoms with Gasteiger partial charge in [0.15, 0.2) is 5.69 Å². The van der Waals surface area contributed by atoms with Gasteiger partial charge in [-0.25, -0.2) is 13.8 Å². The monoisotopic (exact) mass is 557 g/mol. The molecule has 0 spiro atoms. The lowest BCUT2D eigenvalue weighted by Gasteiger charge is -2.42. The van der Waals surface area contributed by atoms with Crippen molar-refractivity contribution in [3.8, 4) is 17.3 Å². The molecule has 1 aliphatic carbocycles. The van der Waals surface area contributed by atoms with Crippen LogP contribution >= 0.6 is 11.0 Å². The number of amides is 1. The average Bonchev–Trinajstić information content (AvgIpc) is 3.24. The number of nitrogens with zero attached hydrogens (tertiary/aromatic N) is 7. The van der Waals surface area contributed by atoms with Crippen LogP contribution < -0.4 is 13.5 Å². The molecule has 1 unspecified atom stereocenters.